The van der Waals surface area contributed by atoms with Crippen molar-refractivity contribution >= 4 is 0 Å². The monoisotopic (exact) mass is 254 g/mol. The van der Waals surface area contributed by atoms with Crippen LogP contribution in [-0.2, 0) is 0 Å². The summed E-state index contributed by atoms with van der Waals surface area (Å²) in [4.78, 5) is 5.25. The third kappa shape index (κ3) is 4.87. The molecule has 2 aliphatic rings. The van der Waals surface area contributed by atoms with Crippen LogP contribution >= 0.6 is 0 Å². The first-order valence-electron chi connectivity index (χ1n) is 7.87. The predicted octanol–water partition coefficient (Wildman–Crippen LogP) is 1.96. The second-order valence-corrected chi connectivity index (χ2v) is 6.28. The average Bonchev–Trinajstić information content (AvgIpc) is 2.84. The van der Waals surface area contributed by atoms with Gasteiger partial charge in [0.2, 0.25) is 0 Å². The topological polar surface area (TPSA) is 26.7 Å². The molecule has 2 heterocycles. The minimum absolute atomic E-state index is 0.127. The number of rotatable bonds is 6. The standard InChI is InChI=1S/C15H30N2O/c1-14(18)5-4-10-16-11-6-15(7-12-16)13-17-8-2-3-9-17/h14-15,18H,2-13H2,1H3. The van der Waals surface area contributed by atoms with Crippen molar-refractivity contribution in [2.24, 2.45) is 5.92 Å². The maximum absolute atomic E-state index is 9.26. The minimum Gasteiger partial charge on any atom is -0.393 e. The van der Waals surface area contributed by atoms with Crippen LogP contribution < -0.4 is 0 Å². The van der Waals surface area contributed by atoms with E-state index in [2.05, 4.69) is 9.80 Å². The molecule has 2 rings (SSSR count). The Balaban J connectivity index is 1.56. The van der Waals surface area contributed by atoms with Crippen LogP contribution in [0.2, 0.25) is 0 Å². The van der Waals surface area contributed by atoms with Gasteiger partial charge in [0, 0.05) is 6.54 Å². The highest BCUT2D eigenvalue weighted by Gasteiger charge is 2.22. The molecule has 106 valence electrons. The van der Waals surface area contributed by atoms with Crippen molar-refractivity contribution in [3.8, 4) is 0 Å². The molecule has 0 aliphatic carbocycles. The summed E-state index contributed by atoms with van der Waals surface area (Å²) in [5.74, 6) is 0.941. The van der Waals surface area contributed by atoms with Gasteiger partial charge < -0.3 is 14.9 Å². The van der Waals surface area contributed by atoms with Gasteiger partial charge in [-0.25, -0.2) is 0 Å². The summed E-state index contributed by atoms with van der Waals surface area (Å²) >= 11 is 0. The first-order chi connectivity index (χ1) is 8.74. The Bertz CT molecular complexity index is 219. The van der Waals surface area contributed by atoms with Crippen molar-refractivity contribution in [2.45, 2.75) is 51.6 Å². The van der Waals surface area contributed by atoms with Gasteiger partial charge in [-0.1, -0.05) is 0 Å². The maximum atomic E-state index is 9.26. The summed E-state index contributed by atoms with van der Waals surface area (Å²) in [5.41, 5.74) is 0. The largest absolute Gasteiger partial charge is 0.393 e. The lowest BCUT2D eigenvalue weighted by Crippen LogP contribution is -2.38. The quantitative estimate of drug-likeness (QED) is 0.785. The summed E-state index contributed by atoms with van der Waals surface area (Å²) in [6.45, 7) is 9.66. The molecule has 3 nitrogen and oxygen atoms in total. The van der Waals surface area contributed by atoms with E-state index in [1.54, 1.807) is 0 Å². The number of hydrogen-bond acceptors (Lipinski definition) is 3. The van der Waals surface area contributed by atoms with Crippen molar-refractivity contribution in [2.75, 3.05) is 39.3 Å². The van der Waals surface area contributed by atoms with Crippen molar-refractivity contribution < 1.29 is 5.11 Å². The Hall–Kier alpha value is -0.120. The first kappa shape index (κ1) is 14.3. The Kier molecular flexibility index (Phi) is 5.93. The lowest BCUT2D eigenvalue weighted by molar-refractivity contribution is 0.138. The summed E-state index contributed by atoms with van der Waals surface area (Å²) in [7, 11) is 0. The molecule has 0 aromatic heterocycles. The molecule has 2 fully saturated rings. The fourth-order valence-corrected chi connectivity index (χ4v) is 3.33. The fourth-order valence-electron chi connectivity index (χ4n) is 3.33. The normalized spacial score (nSPS) is 25.7. The van der Waals surface area contributed by atoms with Gasteiger partial charge in [0.25, 0.3) is 0 Å². The lowest BCUT2D eigenvalue weighted by Gasteiger charge is -2.33. The van der Waals surface area contributed by atoms with Crippen LogP contribution in [0.1, 0.15) is 45.4 Å². The van der Waals surface area contributed by atoms with E-state index < -0.39 is 0 Å². The van der Waals surface area contributed by atoms with Gasteiger partial charge in [-0.15, -0.1) is 0 Å². The first-order valence-corrected chi connectivity index (χ1v) is 7.87. The zero-order valence-electron chi connectivity index (χ0n) is 12.0. The lowest BCUT2D eigenvalue weighted by atomic mass is 9.96. The zero-order valence-corrected chi connectivity index (χ0v) is 12.0. The second-order valence-electron chi connectivity index (χ2n) is 6.28. The molecule has 0 bridgehead atoms. The highest BCUT2D eigenvalue weighted by atomic mass is 16.3. The summed E-state index contributed by atoms with van der Waals surface area (Å²) in [6, 6.07) is 0. The minimum atomic E-state index is -0.127. The Morgan fingerprint density at radius 1 is 1.06 bits per heavy atom. The van der Waals surface area contributed by atoms with Gasteiger partial charge in [0.1, 0.15) is 0 Å². The summed E-state index contributed by atoms with van der Waals surface area (Å²) in [5, 5.41) is 9.26. The predicted molar refractivity (Wildman–Crippen MR) is 75.8 cm³/mol. The Morgan fingerprint density at radius 3 is 2.33 bits per heavy atom. The molecule has 1 unspecified atom stereocenters. The average molecular weight is 254 g/mol. The highest BCUT2D eigenvalue weighted by molar-refractivity contribution is 4.77. The molecule has 0 radical (unpaired) electrons. The van der Waals surface area contributed by atoms with Crippen LogP contribution in [0.15, 0.2) is 0 Å². The molecular formula is C15H30N2O. The van der Waals surface area contributed by atoms with Crippen molar-refractivity contribution in [3.63, 3.8) is 0 Å². The van der Waals surface area contributed by atoms with E-state index in [1.165, 1.54) is 65.0 Å². The maximum Gasteiger partial charge on any atom is 0.0512 e. The number of aliphatic hydroxyl groups excluding tert-OH is 1. The number of piperidine rings is 1. The van der Waals surface area contributed by atoms with Crippen molar-refractivity contribution in [1.82, 2.24) is 9.80 Å². The number of aliphatic hydroxyl groups is 1. The Labute approximate surface area is 112 Å². The molecule has 3 heteroatoms. The fraction of sp³-hybridized carbons (Fsp3) is 1.00. The number of likely N-dealkylation sites (tertiary alicyclic amines) is 2. The van der Waals surface area contributed by atoms with Crippen LogP contribution in [0, 0.1) is 5.92 Å². The Morgan fingerprint density at radius 2 is 1.72 bits per heavy atom. The molecule has 1 N–H and O–H groups in total. The molecule has 0 saturated carbocycles. The van der Waals surface area contributed by atoms with E-state index >= 15 is 0 Å². The van der Waals surface area contributed by atoms with Crippen LogP contribution in [0.3, 0.4) is 0 Å². The molecule has 0 aromatic carbocycles. The van der Waals surface area contributed by atoms with E-state index in [0.717, 1.165) is 18.8 Å². The zero-order chi connectivity index (χ0) is 12.8. The van der Waals surface area contributed by atoms with Crippen LogP contribution in [0.25, 0.3) is 0 Å². The van der Waals surface area contributed by atoms with Crippen molar-refractivity contribution in [3.05, 3.63) is 0 Å². The van der Waals surface area contributed by atoms with E-state index in [0.29, 0.717) is 0 Å². The van der Waals surface area contributed by atoms with Crippen molar-refractivity contribution in [1.29, 1.82) is 0 Å². The van der Waals surface area contributed by atoms with E-state index in [1.807, 2.05) is 6.92 Å². The van der Waals surface area contributed by atoms with Crippen LogP contribution in [0.5, 0.6) is 0 Å². The van der Waals surface area contributed by atoms with Gasteiger partial charge in [-0.05, 0) is 84.1 Å². The van der Waals surface area contributed by atoms with Crippen LogP contribution in [0.4, 0.5) is 0 Å². The molecule has 2 aliphatic heterocycles. The smallest absolute Gasteiger partial charge is 0.0512 e. The number of nitrogens with zero attached hydrogens (tertiary/aromatic N) is 2. The molecule has 2 saturated heterocycles. The molecule has 0 spiro atoms. The van der Waals surface area contributed by atoms with E-state index in [9.17, 15) is 5.11 Å². The van der Waals surface area contributed by atoms with E-state index in [-0.39, 0.29) is 6.10 Å². The van der Waals surface area contributed by atoms with Gasteiger partial charge in [-0.2, -0.15) is 0 Å². The van der Waals surface area contributed by atoms with Crippen LogP contribution in [-0.4, -0.2) is 60.3 Å². The second kappa shape index (κ2) is 7.46. The highest BCUT2D eigenvalue weighted by Crippen LogP contribution is 2.20. The SMILES string of the molecule is CC(O)CCCN1CCC(CN2CCCC2)CC1. The van der Waals surface area contributed by atoms with Gasteiger partial charge >= 0.3 is 0 Å². The molecule has 0 aromatic rings. The summed E-state index contributed by atoms with van der Waals surface area (Å²) in [6.07, 6.45) is 7.56. The van der Waals surface area contributed by atoms with Gasteiger partial charge in [-0.3, -0.25) is 0 Å². The number of hydrogen-bond donors (Lipinski definition) is 1. The molecule has 0 amide bonds. The summed E-state index contributed by atoms with van der Waals surface area (Å²) < 4.78 is 0. The third-order valence-corrected chi connectivity index (χ3v) is 4.52. The molecular weight excluding hydrogens is 224 g/mol. The van der Waals surface area contributed by atoms with Gasteiger partial charge in [0.05, 0.1) is 6.10 Å². The molecule has 18 heavy (non-hydrogen) atoms. The van der Waals surface area contributed by atoms with E-state index in [4.69, 9.17) is 0 Å². The molecule has 1 atom stereocenters. The van der Waals surface area contributed by atoms with Gasteiger partial charge in [0.15, 0.2) is 0 Å². The third-order valence-electron chi connectivity index (χ3n) is 4.52.